The van der Waals surface area contributed by atoms with Gasteiger partial charge in [-0.15, -0.1) is 6.58 Å². The standard InChI is InChI=1S/C19H22N2O/c1-2-13-12-21-10-8-14(13)11-18(21)19(22)16-7-9-20-17-6-4-3-5-15(16)17/h2-7,9,13-14,18-19,22H,1,8,10-12H2/p+1/t13-,14-,18+,19+/m1/s1. The monoisotopic (exact) mass is 295 g/mol. The Balaban J connectivity index is 1.67. The zero-order valence-corrected chi connectivity index (χ0v) is 12.8. The first-order valence-corrected chi connectivity index (χ1v) is 8.27. The fourth-order valence-corrected chi connectivity index (χ4v) is 4.50. The van der Waals surface area contributed by atoms with Crippen LogP contribution in [0.25, 0.3) is 10.9 Å². The Bertz CT molecular complexity index is 693. The van der Waals surface area contributed by atoms with E-state index in [1.165, 1.54) is 13.0 Å². The molecule has 22 heavy (non-hydrogen) atoms. The Labute approximate surface area is 131 Å². The molecule has 3 heteroatoms. The number of fused-ring (bicyclic) bond motifs is 4. The number of aliphatic hydroxyl groups is 1. The summed E-state index contributed by atoms with van der Waals surface area (Å²) in [4.78, 5) is 5.95. The smallest absolute Gasteiger partial charge is 0.131 e. The molecule has 3 aliphatic rings. The van der Waals surface area contributed by atoms with Crippen molar-refractivity contribution in [2.45, 2.75) is 25.0 Å². The number of rotatable bonds is 3. The van der Waals surface area contributed by atoms with Gasteiger partial charge in [-0.2, -0.15) is 0 Å². The van der Waals surface area contributed by atoms with E-state index in [1.54, 1.807) is 4.90 Å². The Morgan fingerprint density at radius 1 is 1.32 bits per heavy atom. The van der Waals surface area contributed by atoms with Gasteiger partial charge < -0.3 is 10.0 Å². The van der Waals surface area contributed by atoms with Crippen LogP contribution in [-0.4, -0.2) is 29.2 Å². The number of benzene rings is 1. The number of hydrogen-bond donors (Lipinski definition) is 2. The van der Waals surface area contributed by atoms with Gasteiger partial charge >= 0.3 is 0 Å². The van der Waals surface area contributed by atoms with Crippen molar-refractivity contribution >= 4 is 10.9 Å². The summed E-state index contributed by atoms with van der Waals surface area (Å²) in [5.74, 6) is 1.32. The van der Waals surface area contributed by atoms with Crippen LogP contribution in [-0.2, 0) is 0 Å². The molecule has 5 atom stereocenters. The number of piperidine rings is 3. The zero-order valence-electron chi connectivity index (χ0n) is 12.8. The van der Waals surface area contributed by atoms with Crippen molar-refractivity contribution in [1.29, 1.82) is 0 Å². The number of nitrogens with one attached hydrogen (secondary N) is 1. The van der Waals surface area contributed by atoms with E-state index in [4.69, 9.17) is 0 Å². The van der Waals surface area contributed by atoms with Crippen molar-refractivity contribution in [3.8, 4) is 0 Å². The highest BCUT2D eigenvalue weighted by Crippen LogP contribution is 2.33. The molecule has 0 saturated carbocycles. The van der Waals surface area contributed by atoms with Crippen molar-refractivity contribution in [3.05, 3.63) is 54.7 Å². The van der Waals surface area contributed by atoms with Gasteiger partial charge in [0.05, 0.1) is 18.6 Å². The van der Waals surface area contributed by atoms with E-state index in [1.807, 2.05) is 30.5 Å². The molecular weight excluding hydrogens is 272 g/mol. The van der Waals surface area contributed by atoms with Crippen molar-refractivity contribution in [1.82, 2.24) is 4.98 Å². The van der Waals surface area contributed by atoms with Gasteiger partial charge in [0.2, 0.25) is 0 Å². The van der Waals surface area contributed by atoms with Gasteiger partial charge in [-0.25, -0.2) is 0 Å². The zero-order chi connectivity index (χ0) is 15.1. The summed E-state index contributed by atoms with van der Waals surface area (Å²) in [5.41, 5.74) is 2.00. The summed E-state index contributed by atoms with van der Waals surface area (Å²) in [7, 11) is 0. The van der Waals surface area contributed by atoms with Gasteiger partial charge in [-0.1, -0.05) is 24.3 Å². The molecule has 114 valence electrons. The maximum Gasteiger partial charge on any atom is 0.131 e. The molecule has 1 unspecified atom stereocenters. The Kier molecular flexibility index (Phi) is 3.47. The van der Waals surface area contributed by atoms with Crippen molar-refractivity contribution in [3.63, 3.8) is 0 Å². The molecule has 3 saturated heterocycles. The largest absolute Gasteiger partial charge is 0.382 e. The number of pyridine rings is 1. The number of hydrogen-bond acceptors (Lipinski definition) is 2. The lowest BCUT2D eigenvalue weighted by Gasteiger charge is -2.47. The molecule has 3 aliphatic heterocycles. The molecule has 0 aliphatic carbocycles. The highest BCUT2D eigenvalue weighted by atomic mass is 16.3. The number of nitrogens with zero attached hydrogens (tertiary/aromatic N) is 1. The van der Waals surface area contributed by atoms with Crippen LogP contribution in [0.5, 0.6) is 0 Å². The first-order chi connectivity index (χ1) is 10.8. The van der Waals surface area contributed by atoms with Crippen LogP contribution in [0.3, 0.4) is 0 Å². The maximum absolute atomic E-state index is 11.0. The molecule has 2 bridgehead atoms. The predicted molar refractivity (Wildman–Crippen MR) is 87.6 cm³/mol. The molecule has 3 fully saturated rings. The summed E-state index contributed by atoms with van der Waals surface area (Å²) in [6.45, 7) is 6.29. The van der Waals surface area contributed by atoms with Crippen LogP contribution < -0.4 is 4.90 Å². The summed E-state index contributed by atoms with van der Waals surface area (Å²) < 4.78 is 0. The Morgan fingerprint density at radius 3 is 2.95 bits per heavy atom. The van der Waals surface area contributed by atoms with E-state index < -0.39 is 6.10 Å². The van der Waals surface area contributed by atoms with Gasteiger partial charge in [0.15, 0.2) is 0 Å². The lowest BCUT2D eigenvalue weighted by atomic mass is 9.73. The topological polar surface area (TPSA) is 37.6 Å². The van der Waals surface area contributed by atoms with Crippen molar-refractivity contribution in [2.24, 2.45) is 11.8 Å². The molecule has 4 heterocycles. The number of quaternary nitrogens is 1. The van der Waals surface area contributed by atoms with Crippen molar-refractivity contribution in [2.75, 3.05) is 13.1 Å². The molecule has 3 nitrogen and oxygen atoms in total. The average molecular weight is 295 g/mol. The van der Waals surface area contributed by atoms with Gasteiger partial charge in [-0.05, 0) is 23.6 Å². The quantitative estimate of drug-likeness (QED) is 0.847. The van der Waals surface area contributed by atoms with E-state index in [2.05, 4.69) is 23.7 Å². The van der Waals surface area contributed by atoms with Crippen LogP contribution in [0.15, 0.2) is 49.2 Å². The Hall–Kier alpha value is -1.71. The lowest BCUT2D eigenvalue weighted by Crippen LogP contribution is -3.20. The van der Waals surface area contributed by atoms with Gasteiger partial charge in [0.1, 0.15) is 12.1 Å². The molecule has 0 amide bonds. The molecule has 5 rings (SSSR count). The molecule has 2 N–H and O–H groups in total. The fourth-order valence-electron chi connectivity index (χ4n) is 4.50. The van der Waals surface area contributed by atoms with E-state index in [9.17, 15) is 5.11 Å². The molecule has 1 aromatic heterocycles. The third kappa shape index (κ3) is 2.16. The van der Waals surface area contributed by atoms with Gasteiger partial charge in [-0.3, -0.25) is 4.98 Å². The summed E-state index contributed by atoms with van der Waals surface area (Å²) in [6.07, 6.45) is 5.90. The second-order valence-electron chi connectivity index (χ2n) is 6.77. The van der Waals surface area contributed by atoms with Gasteiger partial charge in [0, 0.05) is 30.3 Å². The SMILES string of the molecule is C=C[C@@H]1C[NH+]2CC[C@@H]1C[C@H]2[C@@H](O)c1ccnc2ccccc12. The Morgan fingerprint density at radius 2 is 2.18 bits per heavy atom. The van der Waals surface area contributed by atoms with Crippen LogP contribution in [0.4, 0.5) is 0 Å². The first-order valence-electron chi connectivity index (χ1n) is 8.27. The minimum Gasteiger partial charge on any atom is -0.382 e. The highest BCUT2D eigenvalue weighted by molar-refractivity contribution is 5.82. The minimum absolute atomic E-state index is 0.306. The number of para-hydroxylation sites is 1. The second-order valence-corrected chi connectivity index (χ2v) is 6.77. The second kappa shape index (κ2) is 5.49. The fraction of sp³-hybridized carbons (Fsp3) is 0.421. The minimum atomic E-state index is -0.406. The molecular formula is C19H23N2O+. The van der Waals surface area contributed by atoms with E-state index >= 15 is 0 Å². The molecule has 2 aromatic rings. The summed E-state index contributed by atoms with van der Waals surface area (Å²) in [6, 6.07) is 10.4. The van der Waals surface area contributed by atoms with Crippen LogP contribution >= 0.6 is 0 Å². The third-order valence-corrected chi connectivity index (χ3v) is 5.71. The predicted octanol–water partition coefficient (Wildman–Crippen LogP) is 1.75. The van der Waals surface area contributed by atoms with E-state index in [-0.39, 0.29) is 0 Å². The molecule has 1 aromatic carbocycles. The number of aromatic nitrogens is 1. The highest BCUT2D eigenvalue weighted by Gasteiger charge is 2.45. The first kappa shape index (κ1) is 13.9. The van der Waals surface area contributed by atoms with E-state index in [0.29, 0.717) is 17.9 Å². The maximum atomic E-state index is 11.0. The van der Waals surface area contributed by atoms with Crippen molar-refractivity contribution < 1.29 is 10.0 Å². The van der Waals surface area contributed by atoms with Crippen LogP contribution in [0, 0.1) is 11.8 Å². The van der Waals surface area contributed by atoms with E-state index in [0.717, 1.165) is 29.4 Å². The van der Waals surface area contributed by atoms with Crippen LogP contribution in [0.1, 0.15) is 24.5 Å². The third-order valence-electron chi connectivity index (χ3n) is 5.71. The number of aliphatic hydroxyl groups excluding tert-OH is 1. The normalized spacial score (nSPS) is 32.0. The average Bonchev–Trinajstić information content (AvgIpc) is 2.60. The molecule has 0 spiro atoms. The van der Waals surface area contributed by atoms with Crippen LogP contribution in [0.2, 0.25) is 0 Å². The van der Waals surface area contributed by atoms with Gasteiger partial charge in [0.25, 0.3) is 0 Å². The summed E-state index contributed by atoms with van der Waals surface area (Å²) >= 11 is 0. The lowest BCUT2D eigenvalue weighted by molar-refractivity contribution is -0.949. The molecule has 0 radical (unpaired) electrons. The summed E-state index contributed by atoms with van der Waals surface area (Å²) in [5, 5.41) is 12.1.